The topological polar surface area (TPSA) is 119 Å². The van der Waals surface area contributed by atoms with Crippen LogP contribution < -0.4 is 5.32 Å². The molecule has 0 radical (unpaired) electrons. The maximum absolute atomic E-state index is 12.7. The Balaban J connectivity index is 1.32. The van der Waals surface area contributed by atoms with E-state index in [1.807, 2.05) is 4.68 Å². The molecule has 0 bridgehead atoms. The van der Waals surface area contributed by atoms with Crippen LogP contribution in [0.15, 0.2) is 34.3 Å². The number of benzene rings is 1. The lowest BCUT2D eigenvalue weighted by Gasteiger charge is -2.26. The summed E-state index contributed by atoms with van der Waals surface area (Å²) in [5, 5.41) is 15.3. The van der Waals surface area contributed by atoms with Gasteiger partial charge in [-0.15, -0.1) is 5.10 Å². The van der Waals surface area contributed by atoms with Crippen molar-refractivity contribution in [2.24, 2.45) is 0 Å². The lowest BCUT2D eigenvalue weighted by Crippen LogP contribution is -2.40. The van der Waals surface area contributed by atoms with Gasteiger partial charge < -0.3 is 10.1 Å². The summed E-state index contributed by atoms with van der Waals surface area (Å²) in [6.45, 7) is 1.49. The molecule has 1 aromatic heterocycles. The number of hydrogen-bond donors (Lipinski definition) is 1. The van der Waals surface area contributed by atoms with Crippen LogP contribution in [0.3, 0.4) is 0 Å². The number of nitrogens with zero attached hydrogens (tertiary/aromatic N) is 5. The minimum atomic E-state index is -3.55. The fraction of sp³-hybridized carbons (Fsp3) is 0.556. The molecule has 30 heavy (non-hydrogen) atoms. The largest absolute Gasteiger partial charge is 0.379 e. The van der Waals surface area contributed by atoms with Crippen molar-refractivity contribution in [3.63, 3.8) is 0 Å². The number of aromatic nitrogens is 4. The lowest BCUT2D eigenvalue weighted by atomic mass is 10.3. The van der Waals surface area contributed by atoms with E-state index >= 15 is 0 Å². The molecule has 1 aliphatic carbocycles. The Hall–Kier alpha value is -2.02. The number of rotatable bonds is 7. The van der Waals surface area contributed by atoms with E-state index in [1.165, 1.54) is 41.0 Å². The van der Waals surface area contributed by atoms with E-state index in [0.717, 1.165) is 12.8 Å². The minimum absolute atomic E-state index is 0.168. The molecule has 2 aliphatic rings. The Morgan fingerprint density at radius 2 is 1.87 bits per heavy atom. The Bertz CT molecular complexity index is 967. The quantitative estimate of drug-likeness (QED) is 0.628. The number of nitrogens with one attached hydrogen (secondary N) is 1. The number of sulfonamides is 1. The zero-order chi connectivity index (χ0) is 21.0. The number of thioether (sulfide) groups is 1. The molecule has 1 amide bonds. The lowest BCUT2D eigenvalue weighted by molar-refractivity contribution is -0.113. The second-order valence-electron chi connectivity index (χ2n) is 7.22. The predicted molar refractivity (Wildman–Crippen MR) is 111 cm³/mol. The maximum Gasteiger partial charge on any atom is 0.243 e. The standard InChI is InChI=1S/C18H24N6O4S2/c25-17(13-29-18-20-21-22-24(18)15-3-1-2-4-15)19-14-5-7-16(8-6-14)30(26,27)23-9-11-28-12-10-23/h5-8,15H,1-4,9-13H2,(H,19,25). The Labute approximate surface area is 179 Å². The van der Waals surface area contributed by atoms with Crippen LogP contribution in [-0.4, -0.2) is 70.9 Å². The number of amides is 1. The summed E-state index contributed by atoms with van der Waals surface area (Å²) in [5.74, 6) is -0.0363. The monoisotopic (exact) mass is 452 g/mol. The molecule has 2 aromatic rings. The Kier molecular flexibility index (Phi) is 6.66. The van der Waals surface area contributed by atoms with Gasteiger partial charge in [-0.2, -0.15) is 4.31 Å². The van der Waals surface area contributed by atoms with Crippen molar-refractivity contribution < 1.29 is 17.9 Å². The van der Waals surface area contributed by atoms with Crippen LogP contribution in [0.5, 0.6) is 0 Å². The van der Waals surface area contributed by atoms with Crippen LogP contribution in [0.1, 0.15) is 31.7 Å². The average Bonchev–Trinajstić information content (AvgIpc) is 3.45. The molecule has 1 aliphatic heterocycles. The molecular weight excluding hydrogens is 428 g/mol. The van der Waals surface area contributed by atoms with E-state index in [1.54, 1.807) is 12.1 Å². The van der Waals surface area contributed by atoms with E-state index in [2.05, 4.69) is 20.8 Å². The molecular formula is C18H24N6O4S2. The number of hydrogen-bond acceptors (Lipinski definition) is 8. The van der Waals surface area contributed by atoms with Crippen LogP contribution in [0.2, 0.25) is 0 Å². The van der Waals surface area contributed by atoms with Gasteiger partial charge in [0.2, 0.25) is 21.1 Å². The minimum Gasteiger partial charge on any atom is -0.379 e. The van der Waals surface area contributed by atoms with Crippen molar-refractivity contribution in [2.75, 3.05) is 37.4 Å². The first-order chi connectivity index (χ1) is 14.5. The zero-order valence-electron chi connectivity index (χ0n) is 16.4. The molecule has 0 unspecified atom stereocenters. The van der Waals surface area contributed by atoms with Gasteiger partial charge in [-0.25, -0.2) is 13.1 Å². The summed E-state index contributed by atoms with van der Waals surface area (Å²) < 4.78 is 33.7. The highest BCUT2D eigenvalue weighted by Gasteiger charge is 2.26. The van der Waals surface area contributed by atoms with E-state index in [0.29, 0.717) is 43.2 Å². The van der Waals surface area contributed by atoms with E-state index in [9.17, 15) is 13.2 Å². The molecule has 2 fully saturated rings. The van der Waals surface area contributed by atoms with Crippen LogP contribution in [-0.2, 0) is 19.6 Å². The first-order valence-electron chi connectivity index (χ1n) is 9.92. The second kappa shape index (κ2) is 9.41. The first kappa shape index (κ1) is 21.2. The summed E-state index contributed by atoms with van der Waals surface area (Å²) in [6.07, 6.45) is 4.47. The van der Waals surface area contributed by atoms with Crippen molar-refractivity contribution in [1.29, 1.82) is 0 Å². The highest BCUT2D eigenvalue weighted by atomic mass is 32.2. The smallest absolute Gasteiger partial charge is 0.243 e. The maximum atomic E-state index is 12.7. The van der Waals surface area contributed by atoms with E-state index in [-0.39, 0.29) is 16.6 Å². The SMILES string of the molecule is O=C(CSc1nnnn1C1CCCC1)Nc1ccc(S(=O)(=O)N2CCOCC2)cc1. The molecule has 4 rings (SSSR count). The van der Waals surface area contributed by atoms with Gasteiger partial charge in [0.1, 0.15) is 0 Å². The molecule has 1 saturated carbocycles. The number of carbonyl (C=O) groups excluding carboxylic acids is 1. The number of ether oxygens (including phenoxy) is 1. The number of morpholine rings is 1. The van der Waals surface area contributed by atoms with Crippen molar-refractivity contribution in [3.8, 4) is 0 Å². The van der Waals surface area contributed by atoms with Gasteiger partial charge in [-0.05, 0) is 47.5 Å². The van der Waals surface area contributed by atoms with Crippen LogP contribution in [0.4, 0.5) is 5.69 Å². The van der Waals surface area contributed by atoms with E-state index in [4.69, 9.17) is 4.74 Å². The normalized spacial score (nSPS) is 18.5. The molecule has 0 spiro atoms. The molecule has 1 N–H and O–H groups in total. The third-order valence-corrected chi connectivity index (χ3v) is 8.06. The highest BCUT2D eigenvalue weighted by Crippen LogP contribution is 2.31. The van der Waals surface area contributed by atoms with Gasteiger partial charge in [0, 0.05) is 18.8 Å². The van der Waals surface area contributed by atoms with Gasteiger partial charge in [0.15, 0.2) is 0 Å². The molecule has 12 heteroatoms. The molecule has 1 saturated heterocycles. The van der Waals surface area contributed by atoms with Crippen LogP contribution in [0, 0.1) is 0 Å². The van der Waals surface area contributed by atoms with Gasteiger partial charge in [-0.3, -0.25) is 4.79 Å². The highest BCUT2D eigenvalue weighted by molar-refractivity contribution is 7.99. The number of carbonyl (C=O) groups is 1. The van der Waals surface area contributed by atoms with Gasteiger partial charge in [0.05, 0.1) is 29.9 Å². The van der Waals surface area contributed by atoms with Crippen molar-refractivity contribution in [2.45, 2.75) is 41.8 Å². The fourth-order valence-corrected chi connectivity index (χ4v) is 5.78. The summed E-state index contributed by atoms with van der Waals surface area (Å²) in [7, 11) is -3.55. The third kappa shape index (κ3) is 4.82. The Morgan fingerprint density at radius 1 is 1.17 bits per heavy atom. The molecule has 162 valence electrons. The van der Waals surface area contributed by atoms with Gasteiger partial charge >= 0.3 is 0 Å². The molecule has 0 atom stereocenters. The van der Waals surface area contributed by atoms with Crippen molar-refractivity contribution >= 4 is 33.4 Å². The number of anilines is 1. The fourth-order valence-electron chi connectivity index (χ4n) is 3.63. The second-order valence-corrected chi connectivity index (χ2v) is 10.1. The van der Waals surface area contributed by atoms with Gasteiger partial charge in [-0.1, -0.05) is 24.6 Å². The molecule has 1 aromatic carbocycles. The summed E-state index contributed by atoms with van der Waals surface area (Å²) in [4.78, 5) is 12.5. The molecule has 10 nitrogen and oxygen atoms in total. The van der Waals surface area contributed by atoms with Gasteiger partial charge in [0.25, 0.3) is 0 Å². The van der Waals surface area contributed by atoms with Crippen LogP contribution >= 0.6 is 11.8 Å². The van der Waals surface area contributed by atoms with E-state index < -0.39 is 10.0 Å². The average molecular weight is 453 g/mol. The summed E-state index contributed by atoms with van der Waals surface area (Å²) in [5.41, 5.74) is 0.539. The van der Waals surface area contributed by atoms with Crippen molar-refractivity contribution in [1.82, 2.24) is 24.5 Å². The summed E-state index contributed by atoms with van der Waals surface area (Å²) in [6, 6.07) is 6.52. The third-order valence-electron chi connectivity index (χ3n) is 5.21. The molecule has 2 heterocycles. The number of tetrazole rings is 1. The zero-order valence-corrected chi connectivity index (χ0v) is 18.1. The summed E-state index contributed by atoms with van der Waals surface area (Å²) >= 11 is 1.29. The Morgan fingerprint density at radius 3 is 2.57 bits per heavy atom. The van der Waals surface area contributed by atoms with Crippen molar-refractivity contribution in [3.05, 3.63) is 24.3 Å². The predicted octanol–water partition coefficient (Wildman–Crippen LogP) is 1.54. The first-order valence-corrected chi connectivity index (χ1v) is 12.3. The van der Waals surface area contributed by atoms with Crippen LogP contribution in [0.25, 0.3) is 0 Å².